The van der Waals surface area contributed by atoms with Gasteiger partial charge in [-0.25, -0.2) is 4.79 Å². The van der Waals surface area contributed by atoms with Gasteiger partial charge in [-0.15, -0.1) is 0 Å². The summed E-state index contributed by atoms with van der Waals surface area (Å²) in [6.45, 7) is 1.74. The van der Waals surface area contributed by atoms with Crippen molar-refractivity contribution in [2.24, 2.45) is 9.98 Å². The van der Waals surface area contributed by atoms with Crippen molar-refractivity contribution < 1.29 is 9.59 Å². The molecule has 0 aromatic heterocycles. The van der Waals surface area contributed by atoms with Crippen LogP contribution in [0.15, 0.2) is 50.9 Å². The number of aliphatic imine (C=N–C) groups is 2. The molecule has 7 heteroatoms. The summed E-state index contributed by atoms with van der Waals surface area (Å²) in [5.74, 6) is -0.137. The summed E-state index contributed by atoms with van der Waals surface area (Å²) in [5, 5.41) is 0.521. The minimum atomic E-state index is -0.575. The SMILES string of the molecule is CC1N=C(c2ccccc2Cl)c2c(ccc(N=C=O)c2Br)N(C)C1=O. The van der Waals surface area contributed by atoms with E-state index in [-0.39, 0.29) is 5.91 Å². The zero-order valence-electron chi connectivity index (χ0n) is 13.5. The summed E-state index contributed by atoms with van der Waals surface area (Å²) in [6, 6.07) is 10.1. The smallest absolute Gasteiger partial charge is 0.251 e. The van der Waals surface area contributed by atoms with E-state index in [1.807, 2.05) is 18.2 Å². The van der Waals surface area contributed by atoms with Crippen LogP contribution in [0.2, 0.25) is 5.02 Å². The summed E-state index contributed by atoms with van der Waals surface area (Å²) in [5.41, 5.74) is 2.99. The maximum Gasteiger partial charge on any atom is 0.251 e. The summed E-state index contributed by atoms with van der Waals surface area (Å²) >= 11 is 9.87. The zero-order chi connectivity index (χ0) is 18.1. The molecular weight excluding hydrogens is 406 g/mol. The van der Waals surface area contributed by atoms with Gasteiger partial charge in [0.15, 0.2) is 0 Å². The number of benzene rings is 2. The lowest BCUT2D eigenvalue weighted by atomic mass is 9.99. The predicted octanol–water partition coefficient (Wildman–Crippen LogP) is 4.27. The molecule has 1 aliphatic heterocycles. The second-order valence-corrected chi connectivity index (χ2v) is 6.73. The molecule has 0 saturated heterocycles. The Bertz CT molecular complexity index is 951. The molecule has 0 N–H and O–H groups in total. The topological polar surface area (TPSA) is 62.1 Å². The van der Waals surface area contributed by atoms with E-state index in [0.717, 1.165) is 0 Å². The minimum absolute atomic E-state index is 0.137. The van der Waals surface area contributed by atoms with Gasteiger partial charge < -0.3 is 4.90 Å². The molecule has 1 unspecified atom stereocenters. The number of nitrogens with zero attached hydrogens (tertiary/aromatic N) is 3. The number of hydrogen-bond acceptors (Lipinski definition) is 4. The second kappa shape index (κ2) is 6.92. The third-order valence-corrected chi connectivity index (χ3v) is 5.14. The number of carbonyl (C=O) groups excluding carboxylic acids is 2. The number of rotatable bonds is 2. The van der Waals surface area contributed by atoms with Crippen LogP contribution in [0, 0.1) is 0 Å². The molecule has 0 saturated carbocycles. The minimum Gasteiger partial charge on any atom is -0.313 e. The van der Waals surface area contributed by atoms with Gasteiger partial charge in [-0.3, -0.25) is 9.79 Å². The van der Waals surface area contributed by atoms with Crippen LogP contribution in [-0.2, 0) is 9.59 Å². The first-order valence-electron chi connectivity index (χ1n) is 7.46. The Morgan fingerprint density at radius 1 is 1.28 bits per heavy atom. The number of fused-ring (bicyclic) bond motifs is 1. The molecule has 1 aliphatic rings. The molecule has 126 valence electrons. The van der Waals surface area contributed by atoms with Crippen molar-refractivity contribution in [2.75, 3.05) is 11.9 Å². The highest BCUT2D eigenvalue weighted by atomic mass is 79.9. The van der Waals surface area contributed by atoms with E-state index in [1.54, 1.807) is 43.2 Å². The molecule has 5 nitrogen and oxygen atoms in total. The van der Waals surface area contributed by atoms with E-state index < -0.39 is 6.04 Å². The van der Waals surface area contributed by atoms with Crippen molar-refractivity contribution in [3.63, 3.8) is 0 Å². The lowest BCUT2D eigenvalue weighted by molar-refractivity contribution is -0.119. The maximum absolute atomic E-state index is 12.6. The van der Waals surface area contributed by atoms with Gasteiger partial charge in [0.05, 0.1) is 21.6 Å². The largest absolute Gasteiger partial charge is 0.313 e. The summed E-state index contributed by atoms with van der Waals surface area (Å²) in [4.78, 5) is 33.2. The van der Waals surface area contributed by atoms with Crippen LogP contribution < -0.4 is 4.90 Å². The van der Waals surface area contributed by atoms with Crippen LogP contribution in [0.4, 0.5) is 11.4 Å². The normalized spacial score (nSPS) is 16.6. The molecule has 0 radical (unpaired) electrons. The number of hydrogen-bond donors (Lipinski definition) is 0. The first-order valence-corrected chi connectivity index (χ1v) is 8.63. The van der Waals surface area contributed by atoms with Gasteiger partial charge in [0.1, 0.15) is 6.04 Å². The molecule has 0 bridgehead atoms. The molecule has 1 atom stereocenters. The molecular formula is C18H13BrClN3O2. The third-order valence-electron chi connectivity index (χ3n) is 4.00. The van der Waals surface area contributed by atoms with Crippen molar-refractivity contribution in [2.45, 2.75) is 13.0 Å². The Labute approximate surface area is 158 Å². The fourth-order valence-electron chi connectivity index (χ4n) is 2.77. The number of carbonyl (C=O) groups is 1. The average molecular weight is 419 g/mol. The van der Waals surface area contributed by atoms with Crippen molar-refractivity contribution in [1.29, 1.82) is 0 Å². The van der Waals surface area contributed by atoms with E-state index >= 15 is 0 Å². The van der Waals surface area contributed by atoms with Crippen molar-refractivity contribution >= 4 is 56.6 Å². The van der Waals surface area contributed by atoms with Crippen LogP contribution in [0.5, 0.6) is 0 Å². The highest BCUT2D eigenvalue weighted by molar-refractivity contribution is 9.10. The number of amides is 1. The van der Waals surface area contributed by atoms with E-state index in [2.05, 4.69) is 25.9 Å². The fourth-order valence-corrected chi connectivity index (χ4v) is 3.60. The monoisotopic (exact) mass is 417 g/mol. The Morgan fingerprint density at radius 3 is 2.68 bits per heavy atom. The zero-order valence-corrected chi connectivity index (χ0v) is 15.8. The molecule has 0 spiro atoms. The Morgan fingerprint density at radius 2 is 2.00 bits per heavy atom. The van der Waals surface area contributed by atoms with Crippen LogP contribution in [-0.4, -0.2) is 30.8 Å². The lowest BCUT2D eigenvalue weighted by Crippen LogP contribution is -2.33. The third kappa shape index (κ3) is 3.04. The first kappa shape index (κ1) is 17.5. The van der Waals surface area contributed by atoms with Crippen molar-refractivity contribution in [3.05, 3.63) is 57.0 Å². The van der Waals surface area contributed by atoms with Gasteiger partial charge in [0.25, 0.3) is 5.91 Å². The molecule has 25 heavy (non-hydrogen) atoms. The molecule has 0 aliphatic carbocycles. The average Bonchev–Trinajstić information content (AvgIpc) is 2.69. The fraction of sp³-hybridized carbons (Fsp3) is 0.167. The maximum atomic E-state index is 12.6. The van der Waals surface area contributed by atoms with E-state index in [1.165, 1.54) is 0 Å². The second-order valence-electron chi connectivity index (χ2n) is 5.53. The van der Waals surface area contributed by atoms with Crippen LogP contribution in [0.1, 0.15) is 18.1 Å². The quantitative estimate of drug-likeness (QED) is 0.540. The van der Waals surface area contributed by atoms with Gasteiger partial charge in [0.2, 0.25) is 6.08 Å². The number of anilines is 1. The summed E-state index contributed by atoms with van der Waals surface area (Å²) in [7, 11) is 1.69. The number of isocyanates is 1. The Kier molecular flexibility index (Phi) is 4.86. The molecule has 0 fully saturated rings. The molecule has 2 aromatic rings. The van der Waals surface area contributed by atoms with Crippen LogP contribution >= 0.6 is 27.5 Å². The summed E-state index contributed by atoms with van der Waals surface area (Å²) < 4.78 is 0.556. The van der Waals surface area contributed by atoms with Crippen molar-refractivity contribution in [3.8, 4) is 0 Å². The van der Waals surface area contributed by atoms with Gasteiger partial charge in [0, 0.05) is 23.2 Å². The van der Waals surface area contributed by atoms with E-state index in [9.17, 15) is 9.59 Å². The molecule has 1 amide bonds. The molecule has 2 aromatic carbocycles. The molecule has 3 rings (SSSR count). The number of benzodiazepines with no additional fused rings is 1. The van der Waals surface area contributed by atoms with Crippen LogP contribution in [0.25, 0.3) is 0 Å². The van der Waals surface area contributed by atoms with Gasteiger partial charge in [-0.2, -0.15) is 4.99 Å². The highest BCUT2D eigenvalue weighted by Crippen LogP contribution is 2.39. The standard InChI is InChI=1S/C18H13BrClN3O2/c1-10-18(25)23(2)14-8-7-13(21-9-24)16(19)15(14)17(22-10)11-5-3-4-6-12(11)20/h3-8,10H,1-2H3. The van der Waals surface area contributed by atoms with E-state index in [4.69, 9.17) is 11.6 Å². The highest BCUT2D eigenvalue weighted by Gasteiger charge is 2.30. The number of likely N-dealkylation sites (N-methyl/N-ethyl adjacent to an activating group) is 1. The number of halogens is 2. The van der Waals surface area contributed by atoms with Crippen molar-refractivity contribution in [1.82, 2.24) is 0 Å². The van der Waals surface area contributed by atoms with Crippen LogP contribution in [0.3, 0.4) is 0 Å². The Hall–Kier alpha value is -2.27. The predicted molar refractivity (Wildman–Crippen MR) is 102 cm³/mol. The first-order chi connectivity index (χ1) is 12.0. The van der Waals surface area contributed by atoms with E-state index in [0.29, 0.717) is 37.7 Å². The van der Waals surface area contributed by atoms with Gasteiger partial charge in [-0.1, -0.05) is 29.8 Å². The van der Waals surface area contributed by atoms with Gasteiger partial charge in [-0.05, 0) is 41.1 Å². The summed E-state index contributed by atoms with van der Waals surface area (Å²) in [6.07, 6.45) is 1.54. The lowest BCUT2D eigenvalue weighted by Gasteiger charge is -2.20. The molecule has 1 heterocycles. The Balaban J connectivity index is 2.39. The van der Waals surface area contributed by atoms with Gasteiger partial charge >= 0.3 is 0 Å².